The number of rotatable bonds is 1. The van der Waals surface area contributed by atoms with Crippen LogP contribution in [0.25, 0.3) is 0 Å². The molecule has 0 atom stereocenters. The van der Waals surface area contributed by atoms with Crippen molar-refractivity contribution in [1.29, 1.82) is 0 Å². The molecule has 0 aliphatic carbocycles. The maximum absolute atomic E-state index is 12.0. The van der Waals surface area contributed by atoms with Crippen molar-refractivity contribution in [3.63, 3.8) is 0 Å². The van der Waals surface area contributed by atoms with Crippen molar-refractivity contribution in [2.24, 2.45) is 0 Å². The van der Waals surface area contributed by atoms with Crippen molar-refractivity contribution in [1.82, 2.24) is 15.2 Å². The van der Waals surface area contributed by atoms with Crippen LogP contribution in [0.1, 0.15) is 10.4 Å². The Hall–Kier alpha value is -2.44. The number of amides is 3. The lowest BCUT2D eigenvalue weighted by Gasteiger charge is -2.25. The maximum atomic E-state index is 12.0. The number of nitrogens with zero attached hydrogens (tertiary/aromatic N) is 2. The molecular weight excluding hydrogens is 224 g/mol. The molecule has 0 spiro atoms. The molecule has 0 saturated carbocycles. The highest BCUT2D eigenvalue weighted by molar-refractivity contribution is 6.07. The van der Waals surface area contributed by atoms with Crippen LogP contribution in [0.5, 0.6) is 0 Å². The number of carbonyl (C=O) groups excluding carboxylic acids is 3. The van der Waals surface area contributed by atoms with Crippen LogP contribution in [0.4, 0.5) is 5.69 Å². The minimum atomic E-state index is -0.503. The number of carbonyl (C=O) groups is 3. The largest absolute Gasteiger partial charge is 0.398 e. The minimum Gasteiger partial charge on any atom is -0.398 e. The number of hydrogen-bond donors (Lipinski definition) is 2. The second-order valence-corrected chi connectivity index (χ2v) is 3.60. The molecule has 3 amide bonds. The average Bonchev–Trinajstić information content (AvgIpc) is 2.27. The fourth-order valence-electron chi connectivity index (χ4n) is 1.54. The summed E-state index contributed by atoms with van der Waals surface area (Å²) in [5, 5.41) is 2.11. The molecule has 0 aromatic carbocycles. The summed E-state index contributed by atoms with van der Waals surface area (Å²) in [6, 6.07) is 1.49. The lowest BCUT2D eigenvalue weighted by atomic mass is 10.2. The molecule has 88 valence electrons. The van der Waals surface area contributed by atoms with Gasteiger partial charge in [0.15, 0.2) is 0 Å². The predicted octanol–water partition coefficient (Wildman–Crippen LogP) is -1.24. The van der Waals surface area contributed by atoms with Crippen molar-refractivity contribution in [3.05, 3.63) is 24.0 Å². The highest BCUT2D eigenvalue weighted by Crippen LogP contribution is 2.12. The summed E-state index contributed by atoms with van der Waals surface area (Å²) in [6.07, 6.45) is 2.77. The normalized spacial score (nSPS) is 15.6. The molecule has 1 aromatic heterocycles. The number of nitrogen functional groups attached to an aromatic ring is 1. The first-order valence-electron chi connectivity index (χ1n) is 4.89. The van der Waals surface area contributed by atoms with Crippen LogP contribution in [-0.2, 0) is 9.59 Å². The van der Waals surface area contributed by atoms with Crippen LogP contribution >= 0.6 is 0 Å². The van der Waals surface area contributed by atoms with Gasteiger partial charge in [0.2, 0.25) is 11.8 Å². The molecule has 2 heterocycles. The Labute approximate surface area is 96.6 Å². The summed E-state index contributed by atoms with van der Waals surface area (Å²) in [6.45, 7) is -0.308. The molecule has 2 rings (SSSR count). The monoisotopic (exact) mass is 234 g/mol. The zero-order valence-corrected chi connectivity index (χ0v) is 8.84. The Morgan fingerprint density at radius 2 is 2.00 bits per heavy atom. The first-order valence-corrected chi connectivity index (χ1v) is 4.89. The van der Waals surface area contributed by atoms with Crippen LogP contribution in [0, 0.1) is 0 Å². The van der Waals surface area contributed by atoms with Gasteiger partial charge in [-0.25, -0.2) is 0 Å². The zero-order chi connectivity index (χ0) is 12.4. The molecule has 1 aliphatic heterocycles. The third kappa shape index (κ3) is 2.22. The van der Waals surface area contributed by atoms with Gasteiger partial charge in [-0.1, -0.05) is 0 Å². The standard InChI is InChI=1S/C10H10N4O3/c11-7-1-2-12-3-6(7)10(17)14-4-8(15)13-9(16)5-14/h1-3H,4-5H2,(H2,11,12)(H,13,15,16). The summed E-state index contributed by atoms with van der Waals surface area (Å²) >= 11 is 0. The fraction of sp³-hybridized carbons (Fsp3) is 0.200. The van der Waals surface area contributed by atoms with E-state index in [1.807, 2.05) is 0 Å². The van der Waals surface area contributed by atoms with E-state index in [2.05, 4.69) is 10.3 Å². The van der Waals surface area contributed by atoms with Crippen molar-refractivity contribution < 1.29 is 14.4 Å². The predicted molar refractivity (Wildman–Crippen MR) is 57.7 cm³/mol. The van der Waals surface area contributed by atoms with Gasteiger partial charge in [-0.3, -0.25) is 24.7 Å². The van der Waals surface area contributed by atoms with Gasteiger partial charge in [-0.15, -0.1) is 0 Å². The Morgan fingerprint density at radius 3 is 2.59 bits per heavy atom. The van der Waals surface area contributed by atoms with E-state index in [0.717, 1.165) is 4.90 Å². The summed E-state index contributed by atoms with van der Waals surface area (Å²) in [5.74, 6) is -1.48. The second-order valence-electron chi connectivity index (χ2n) is 3.60. The van der Waals surface area contributed by atoms with Crippen LogP contribution in [-0.4, -0.2) is 40.7 Å². The molecule has 1 fully saturated rings. The first kappa shape index (κ1) is 11.1. The second kappa shape index (κ2) is 4.20. The van der Waals surface area contributed by atoms with Gasteiger partial charge in [0.1, 0.15) is 13.1 Å². The van der Waals surface area contributed by atoms with E-state index in [-0.39, 0.29) is 24.3 Å². The van der Waals surface area contributed by atoms with E-state index in [4.69, 9.17) is 5.73 Å². The number of nitrogens with one attached hydrogen (secondary N) is 1. The highest BCUT2D eigenvalue weighted by Gasteiger charge is 2.27. The van der Waals surface area contributed by atoms with Gasteiger partial charge in [-0.2, -0.15) is 0 Å². The van der Waals surface area contributed by atoms with Crippen LogP contribution in [0.15, 0.2) is 18.5 Å². The van der Waals surface area contributed by atoms with E-state index < -0.39 is 17.7 Å². The molecule has 0 unspecified atom stereocenters. The van der Waals surface area contributed by atoms with Gasteiger partial charge in [0.25, 0.3) is 5.91 Å². The van der Waals surface area contributed by atoms with Gasteiger partial charge in [0.05, 0.1) is 5.56 Å². The number of pyridine rings is 1. The first-order chi connectivity index (χ1) is 8.08. The quantitative estimate of drug-likeness (QED) is 0.591. The average molecular weight is 234 g/mol. The fourth-order valence-corrected chi connectivity index (χ4v) is 1.54. The summed E-state index contributed by atoms with van der Waals surface area (Å²) in [7, 11) is 0. The molecule has 7 nitrogen and oxygen atoms in total. The lowest BCUT2D eigenvalue weighted by Crippen LogP contribution is -2.53. The van der Waals surface area contributed by atoms with Crippen LogP contribution in [0.2, 0.25) is 0 Å². The molecule has 17 heavy (non-hydrogen) atoms. The Balaban J connectivity index is 2.23. The third-order valence-electron chi connectivity index (χ3n) is 2.32. The smallest absolute Gasteiger partial charge is 0.258 e. The summed E-state index contributed by atoms with van der Waals surface area (Å²) in [4.78, 5) is 39.2. The maximum Gasteiger partial charge on any atom is 0.258 e. The number of nitrogens with two attached hydrogens (primary N) is 1. The van der Waals surface area contributed by atoms with Crippen molar-refractivity contribution in [2.45, 2.75) is 0 Å². The van der Waals surface area contributed by atoms with Crippen molar-refractivity contribution >= 4 is 23.4 Å². The highest BCUT2D eigenvalue weighted by atomic mass is 16.2. The van der Waals surface area contributed by atoms with E-state index in [1.54, 1.807) is 0 Å². The Bertz CT molecular complexity index is 484. The van der Waals surface area contributed by atoms with E-state index in [9.17, 15) is 14.4 Å². The van der Waals surface area contributed by atoms with E-state index >= 15 is 0 Å². The zero-order valence-electron chi connectivity index (χ0n) is 8.84. The topological polar surface area (TPSA) is 105 Å². The lowest BCUT2D eigenvalue weighted by molar-refractivity contribution is -0.135. The molecule has 1 saturated heterocycles. The molecule has 1 aliphatic rings. The van der Waals surface area contributed by atoms with Gasteiger partial charge in [-0.05, 0) is 6.07 Å². The van der Waals surface area contributed by atoms with E-state index in [1.165, 1.54) is 18.5 Å². The van der Waals surface area contributed by atoms with Crippen molar-refractivity contribution in [2.75, 3.05) is 18.8 Å². The van der Waals surface area contributed by atoms with Gasteiger partial charge in [0, 0.05) is 18.1 Å². The van der Waals surface area contributed by atoms with Gasteiger partial charge < -0.3 is 10.6 Å². The number of hydrogen-bond acceptors (Lipinski definition) is 5. The molecule has 3 N–H and O–H groups in total. The molecule has 0 radical (unpaired) electrons. The Kier molecular flexibility index (Phi) is 2.73. The summed E-state index contributed by atoms with van der Waals surface area (Å²) < 4.78 is 0. The summed E-state index contributed by atoms with van der Waals surface area (Å²) in [5.41, 5.74) is 6.08. The third-order valence-corrected chi connectivity index (χ3v) is 2.32. The number of piperazine rings is 1. The molecule has 1 aromatic rings. The molecule has 0 bridgehead atoms. The van der Waals surface area contributed by atoms with Gasteiger partial charge >= 0.3 is 0 Å². The minimum absolute atomic E-state index is 0.154. The SMILES string of the molecule is Nc1ccncc1C(=O)N1CC(=O)NC(=O)C1. The number of aromatic nitrogens is 1. The number of imide groups is 1. The molecular formula is C10H10N4O3. The van der Waals surface area contributed by atoms with Crippen LogP contribution < -0.4 is 11.1 Å². The molecule has 7 heteroatoms. The Morgan fingerprint density at radius 1 is 1.35 bits per heavy atom. The number of anilines is 1. The van der Waals surface area contributed by atoms with Crippen LogP contribution in [0.3, 0.4) is 0 Å². The van der Waals surface area contributed by atoms with E-state index in [0.29, 0.717) is 0 Å². The van der Waals surface area contributed by atoms with Crippen molar-refractivity contribution in [3.8, 4) is 0 Å².